The molecule has 0 fully saturated rings. The normalized spacial score (nSPS) is 12.8. The van der Waals surface area contributed by atoms with E-state index >= 15 is 0 Å². The lowest BCUT2D eigenvalue weighted by Gasteiger charge is -2.23. The molecule has 0 atom stereocenters. The first kappa shape index (κ1) is 16.0. The number of halogens is 1. The van der Waals surface area contributed by atoms with Crippen molar-refractivity contribution in [1.82, 2.24) is 4.72 Å². The quantitative estimate of drug-likeness (QED) is 0.593. The van der Waals surface area contributed by atoms with E-state index < -0.39 is 10.0 Å². The summed E-state index contributed by atoms with van der Waals surface area (Å²) in [7, 11) is -3.18. The number of rotatable bonds is 8. The maximum Gasteiger partial charge on any atom is 0.211 e. The first-order valence-corrected chi connectivity index (χ1v) is 9.01. The molecule has 0 saturated heterocycles. The van der Waals surface area contributed by atoms with Gasteiger partial charge in [0.15, 0.2) is 0 Å². The monoisotopic (exact) mass is 309 g/mol. The molecule has 0 aliphatic heterocycles. The van der Waals surface area contributed by atoms with Gasteiger partial charge >= 0.3 is 0 Å². The fourth-order valence-electron chi connectivity index (χ4n) is 1.50. The highest BCUT2D eigenvalue weighted by molar-refractivity contribution is 7.89. The predicted octanol–water partition coefficient (Wildman–Crippen LogP) is 2.96. The van der Waals surface area contributed by atoms with Crippen LogP contribution in [0.2, 0.25) is 0 Å². The molecule has 1 aromatic heterocycles. The van der Waals surface area contributed by atoms with E-state index in [1.54, 1.807) is 11.3 Å². The lowest BCUT2D eigenvalue weighted by atomic mass is 9.92. The molecule has 6 heteroatoms. The van der Waals surface area contributed by atoms with E-state index in [9.17, 15) is 8.42 Å². The number of alkyl halides is 1. The Morgan fingerprint density at radius 1 is 1.39 bits per heavy atom. The summed E-state index contributed by atoms with van der Waals surface area (Å²) in [6.07, 6.45) is 1.34. The second-order valence-corrected chi connectivity index (χ2v) is 8.15. The Balaban J connectivity index is 2.49. The van der Waals surface area contributed by atoms with Gasteiger partial charge in [-0.2, -0.15) is 0 Å². The van der Waals surface area contributed by atoms with Crippen molar-refractivity contribution in [1.29, 1.82) is 0 Å². The summed E-state index contributed by atoms with van der Waals surface area (Å²) in [5.74, 6) is 0.663. The Bertz CT molecular complexity index is 441. The predicted molar refractivity (Wildman–Crippen MR) is 79.1 cm³/mol. The molecule has 18 heavy (non-hydrogen) atoms. The number of unbranched alkanes of at least 4 members (excludes halogenated alkanes) is 1. The molecule has 0 saturated carbocycles. The number of hydrogen-bond acceptors (Lipinski definition) is 3. The molecule has 0 amide bonds. The second kappa shape index (κ2) is 6.89. The molecule has 1 N–H and O–H groups in total. The van der Waals surface area contributed by atoms with Crippen molar-refractivity contribution in [3.8, 4) is 0 Å². The van der Waals surface area contributed by atoms with Crippen molar-refractivity contribution >= 4 is 33.0 Å². The minimum absolute atomic E-state index is 0.153. The zero-order chi connectivity index (χ0) is 13.6. The summed E-state index contributed by atoms with van der Waals surface area (Å²) in [5.41, 5.74) is -0.173. The van der Waals surface area contributed by atoms with Crippen LogP contribution in [0.5, 0.6) is 0 Å². The fraction of sp³-hybridized carbons (Fsp3) is 0.667. The lowest BCUT2D eigenvalue weighted by molar-refractivity contribution is 0.508. The van der Waals surface area contributed by atoms with E-state index in [1.807, 2.05) is 31.4 Å². The van der Waals surface area contributed by atoms with Gasteiger partial charge in [-0.25, -0.2) is 13.1 Å². The fourth-order valence-corrected chi connectivity index (χ4v) is 3.85. The van der Waals surface area contributed by atoms with Gasteiger partial charge in [0, 0.05) is 22.7 Å². The third kappa shape index (κ3) is 5.26. The highest BCUT2D eigenvalue weighted by Gasteiger charge is 2.23. The van der Waals surface area contributed by atoms with E-state index in [2.05, 4.69) is 4.72 Å². The zero-order valence-electron chi connectivity index (χ0n) is 10.8. The summed E-state index contributed by atoms with van der Waals surface area (Å²) in [5, 5.41) is 2.01. The van der Waals surface area contributed by atoms with Crippen molar-refractivity contribution in [2.75, 3.05) is 18.2 Å². The molecule has 0 aromatic carbocycles. The number of nitrogens with one attached hydrogen (secondary N) is 1. The van der Waals surface area contributed by atoms with E-state index in [0.29, 0.717) is 18.8 Å². The first-order valence-electron chi connectivity index (χ1n) is 5.95. The van der Waals surface area contributed by atoms with Gasteiger partial charge < -0.3 is 0 Å². The molecule has 1 heterocycles. The van der Waals surface area contributed by atoms with Crippen molar-refractivity contribution in [3.63, 3.8) is 0 Å². The highest BCUT2D eigenvalue weighted by atomic mass is 35.5. The van der Waals surface area contributed by atoms with Gasteiger partial charge in [0.05, 0.1) is 5.75 Å². The standard InChI is InChI=1S/C12H20ClNO2S2/c1-12(2,11-6-5-8-17-11)10-14-18(15,16)9-4-3-7-13/h5-6,8,14H,3-4,7,9-10H2,1-2H3. The first-order chi connectivity index (χ1) is 8.37. The molecular weight excluding hydrogens is 290 g/mol. The Kier molecular flexibility index (Phi) is 6.11. The van der Waals surface area contributed by atoms with Crippen molar-refractivity contribution < 1.29 is 8.42 Å². The van der Waals surface area contributed by atoms with Gasteiger partial charge in [-0.15, -0.1) is 22.9 Å². The van der Waals surface area contributed by atoms with Gasteiger partial charge in [0.25, 0.3) is 0 Å². The Morgan fingerprint density at radius 2 is 2.11 bits per heavy atom. The summed E-state index contributed by atoms with van der Waals surface area (Å²) >= 11 is 7.18. The largest absolute Gasteiger partial charge is 0.214 e. The van der Waals surface area contributed by atoms with Gasteiger partial charge in [-0.3, -0.25) is 0 Å². The van der Waals surface area contributed by atoms with Crippen LogP contribution in [-0.4, -0.2) is 26.6 Å². The van der Waals surface area contributed by atoms with E-state index in [0.717, 1.165) is 6.42 Å². The molecular formula is C12H20ClNO2S2. The average molecular weight is 310 g/mol. The van der Waals surface area contributed by atoms with Crippen LogP contribution >= 0.6 is 22.9 Å². The molecule has 1 rings (SSSR count). The minimum atomic E-state index is -3.18. The number of sulfonamides is 1. The molecule has 3 nitrogen and oxygen atoms in total. The molecule has 0 aliphatic rings. The van der Waals surface area contributed by atoms with Gasteiger partial charge in [0.1, 0.15) is 0 Å². The third-order valence-corrected chi connectivity index (χ3v) is 5.63. The van der Waals surface area contributed by atoms with Crippen molar-refractivity contribution in [2.45, 2.75) is 32.1 Å². The second-order valence-electron chi connectivity index (χ2n) is 4.90. The smallest absolute Gasteiger partial charge is 0.211 e. The maximum absolute atomic E-state index is 11.8. The van der Waals surface area contributed by atoms with Crippen LogP contribution in [0, 0.1) is 0 Å². The maximum atomic E-state index is 11.8. The molecule has 0 aliphatic carbocycles. The van der Waals surface area contributed by atoms with Crippen LogP contribution in [0.4, 0.5) is 0 Å². The SMILES string of the molecule is CC(C)(CNS(=O)(=O)CCCCCl)c1cccs1. The van der Waals surface area contributed by atoms with E-state index in [-0.39, 0.29) is 11.2 Å². The van der Waals surface area contributed by atoms with E-state index in [1.165, 1.54) is 4.88 Å². The van der Waals surface area contributed by atoms with Crippen molar-refractivity contribution in [3.05, 3.63) is 22.4 Å². The minimum Gasteiger partial charge on any atom is -0.214 e. The van der Waals surface area contributed by atoms with Crippen LogP contribution in [0.1, 0.15) is 31.6 Å². The van der Waals surface area contributed by atoms with Crippen LogP contribution in [-0.2, 0) is 15.4 Å². The average Bonchev–Trinajstić information content (AvgIpc) is 2.81. The molecule has 0 bridgehead atoms. The number of hydrogen-bond donors (Lipinski definition) is 1. The molecule has 1 aromatic rings. The van der Waals surface area contributed by atoms with Gasteiger partial charge in [-0.1, -0.05) is 19.9 Å². The Labute approximate surface area is 119 Å². The summed E-state index contributed by atoms with van der Waals surface area (Å²) in [6, 6.07) is 4.02. The van der Waals surface area contributed by atoms with Crippen LogP contribution in [0.25, 0.3) is 0 Å². The Hall–Kier alpha value is -0.100. The summed E-state index contributed by atoms with van der Waals surface area (Å²) in [6.45, 7) is 4.51. The van der Waals surface area contributed by atoms with Crippen LogP contribution in [0.3, 0.4) is 0 Å². The highest BCUT2D eigenvalue weighted by Crippen LogP contribution is 2.26. The third-order valence-electron chi connectivity index (χ3n) is 2.72. The summed E-state index contributed by atoms with van der Waals surface area (Å²) < 4.78 is 26.2. The Morgan fingerprint density at radius 3 is 2.67 bits per heavy atom. The molecule has 0 unspecified atom stereocenters. The topological polar surface area (TPSA) is 46.2 Å². The number of thiophene rings is 1. The van der Waals surface area contributed by atoms with Crippen molar-refractivity contribution in [2.24, 2.45) is 0 Å². The van der Waals surface area contributed by atoms with Gasteiger partial charge in [-0.05, 0) is 24.3 Å². The molecule has 0 spiro atoms. The lowest BCUT2D eigenvalue weighted by Crippen LogP contribution is -2.37. The van der Waals surface area contributed by atoms with Gasteiger partial charge in [0.2, 0.25) is 10.0 Å². The van der Waals surface area contributed by atoms with Crippen LogP contribution < -0.4 is 4.72 Å². The molecule has 104 valence electrons. The molecule has 0 radical (unpaired) electrons. The van der Waals surface area contributed by atoms with Crippen LogP contribution in [0.15, 0.2) is 17.5 Å². The zero-order valence-corrected chi connectivity index (χ0v) is 13.2. The van der Waals surface area contributed by atoms with E-state index in [4.69, 9.17) is 11.6 Å². The summed E-state index contributed by atoms with van der Waals surface area (Å²) in [4.78, 5) is 1.19.